The molecule has 2 fully saturated rings. The Labute approximate surface area is 184 Å². The molecule has 2 rings (SSSR count). The van der Waals surface area contributed by atoms with Crippen LogP contribution in [0.2, 0.25) is 0 Å². The van der Waals surface area contributed by atoms with Crippen LogP contribution in [0.25, 0.3) is 0 Å². The van der Waals surface area contributed by atoms with Gasteiger partial charge < -0.3 is 14.4 Å². The van der Waals surface area contributed by atoms with Crippen molar-refractivity contribution in [3.8, 4) is 0 Å². The lowest BCUT2D eigenvalue weighted by molar-refractivity contribution is -0.809. The first-order valence-corrected chi connectivity index (χ1v) is 14.6. The van der Waals surface area contributed by atoms with Gasteiger partial charge >= 0.3 is 0 Å². The van der Waals surface area contributed by atoms with Crippen LogP contribution in [0.5, 0.6) is 0 Å². The van der Waals surface area contributed by atoms with E-state index in [1.165, 1.54) is 42.1 Å². The molecule has 26 heavy (non-hydrogen) atoms. The fourth-order valence-electron chi connectivity index (χ4n) is 2.54. The van der Waals surface area contributed by atoms with Crippen molar-refractivity contribution >= 4 is 76.3 Å². The fourth-order valence-corrected chi connectivity index (χ4v) is 7.92. The zero-order valence-electron chi connectivity index (χ0n) is 15.1. The number of morpholine rings is 2. The van der Waals surface area contributed by atoms with E-state index >= 15 is 0 Å². The van der Waals surface area contributed by atoms with Gasteiger partial charge in [0.1, 0.15) is 17.4 Å². The van der Waals surface area contributed by atoms with Crippen molar-refractivity contribution in [2.75, 3.05) is 64.1 Å². The molecule has 0 radical (unpaired) electrons. The average Bonchev–Trinajstić information content (AvgIpc) is 2.70. The molecule has 0 spiro atoms. The number of nitrogens with zero attached hydrogens (tertiary/aromatic N) is 1. The molecule has 150 valence electrons. The van der Waals surface area contributed by atoms with Gasteiger partial charge in [-0.3, -0.25) is 4.90 Å². The standard InChI is InChI=1S/C16H28N2O2S6/c21-15(17-5-9-19-10-6-17)25-23-13-3-1-2-4-14-24-26-16(22)18-7-11-20-12-8-18/h1-14H2/p+1. The van der Waals surface area contributed by atoms with Crippen LogP contribution in [-0.2, 0) is 9.47 Å². The van der Waals surface area contributed by atoms with Crippen molar-refractivity contribution in [2.24, 2.45) is 0 Å². The summed E-state index contributed by atoms with van der Waals surface area (Å²) in [6, 6.07) is 0. The van der Waals surface area contributed by atoms with Crippen molar-refractivity contribution in [1.82, 2.24) is 4.90 Å². The van der Waals surface area contributed by atoms with E-state index in [1.54, 1.807) is 21.6 Å². The highest BCUT2D eigenvalue weighted by atomic mass is 33.1. The molecule has 0 aromatic carbocycles. The molecule has 0 saturated carbocycles. The Bertz CT molecular complexity index is 380. The molecule has 10 heteroatoms. The number of hydrogen-bond acceptors (Lipinski definition) is 8. The summed E-state index contributed by atoms with van der Waals surface area (Å²) in [5.74, 6) is 2.37. The quantitative estimate of drug-likeness (QED) is 0.308. The Kier molecular flexibility index (Phi) is 13.7. The minimum Gasteiger partial charge on any atom is -0.378 e. The topological polar surface area (TPSA) is 26.1 Å². The van der Waals surface area contributed by atoms with Crippen molar-refractivity contribution in [3.05, 3.63) is 0 Å². The van der Waals surface area contributed by atoms with E-state index in [-0.39, 0.29) is 0 Å². The molecule has 1 N–H and O–H groups in total. The summed E-state index contributed by atoms with van der Waals surface area (Å²) in [6.45, 7) is 7.23. The van der Waals surface area contributed by atoms with Crippen molar-refractivity contribution < 1.29 is 14.4 Å². The zero-order chi connectivity index (χ0) is 18.5. The Balaban J connectivity index is 1.34. The number of unbranched alkanes of at least 4 members (excludes halogenated alkanes) is 3. The molecule has 0 atom stereocenters. The molecule has 4 nitrogen and oxygen atoms in total. The van der Waals surface area contributed by atoms with E-state index < -0.39 is 0 Å². The Morgan fingerprint density at radius 2 is 1.38 bits per heavy atom. The molecule has 0 unspecified atom stereocenters. The minimum atomic E-state index is 0.806. The predicted molar refractivity (Wildman–Crippen MR) is 128 cm³/mol. The number of thiocarbonyl (C=S) groups is 2. The molecule has 2 heterocycles. The van der Waals surface area contributed by atoms with E-state index in [9.17, 15) is 0 Å². The summed E-state index contributed by atoms with van der Waals surface area (Å²) in [7, 11) is 7.36. The SMILES string of the molecule is S=C(SSCCCCCCSSC(=S)[NH+]1CCOCC1)N1CCOCC1. The second-order valence-corrected chi connectivity index (χ2v) is 12.2. The first-order chi connectivity index (χ1) is 12.8. The minimum absolute atomic E-state index is 0.806. The highest BCUT2D eigenvalue weighted by Crippen LogP contribution is 2.27. The first kappa shape index (κ1) is 23.5. The molecule has 0 aromatic rings. The maximum absolute atomic E-state index is 5.51. The lowest BCUT2D eigenvalue weighted by Crippen LogP contribution is -3.15. The van der Waals surface area contributed by atoms with Crippen LogP contribution >= 0.6 is 67.6 Å². The smallest absolute Gasteiger partial charge is 0.242 e. The van der Waals surface area contributed by atoms with Crippen molar-refractivity contribution in [3.63, 3.8) is 0 Å². The molecule has 0 bridgehead atoms. The maximum Gasteiger partial charge on any atom is 0.242 e. The normalized spacial score (nSPS) is 18.8. The Hall–Kier alpha value is 1.26. The summed E-state index contributed by atoms with van der Waals surface area (Å²) < 4.78 is 12.9. The summed E-state index contributed by atoms with van der Waals surface area (Å²) >= 11 is 11.0. The Morgan fingerprint density at radius 1 is 0.808 bits per heavy atom. The predicted octanol–water partition coefficient (Wildman–Crippen LogP) is 3.13. The van der Waals surface area contributed by atoms with Gasteiger partial charge in [-0.25, -0.2) is 0 Å². The second kappa shape index (κ2) is 15.1. The molecule has 2 aliphatic heterocycles. The third kappa shape index (κ3) is 10.2. The van der Waals surface area contributed by atoms with Crippen LogP contribution in [0.3, 0.4) is 0 Å². The molecule has 0 aliphatic carbocycles. The van der Waals surface area contributed by atoms with Crippen LogP contribution in [-0.4, -0.2) is 77.7 Å². The van der Waals surface area contributed by atoms with Crippen LogP contribution < -0.4 is 4.90 Å². The molecular formula is C16H29N2O2S6+. The van der Waals surface area contributed by atoms with E-state index in [0.29, 0.717) is 0 Å². The van der Waals surface area contributed by atoms with Crippen LogP contribution in [0.1, 0.15) is 25.7 Å². The molecule has 2 saturated heterocycles. The molecule has 0 aromatic heterocycles. The van der Waals surface area contributed by atoms with Crippen LogP contribution in [0.4, 0.5) is 0 Å². The average molecular weight is 474 g/mol. The van der Waals surface area contributed by atoms with Gasteiger partial charge in [-0.2, -0.15) is 0 Å². The van der Waals surface area contributed by atoms with Gasteiger partial charge in [0.05, 0.1) is 26.4 Å². The van der Waals surface area contributed by atoms with E-state index in [4.69, 9.17) is 33.9 Å². The highest BCUT2D eigenvalue weighted by molar-refractivity contribution is 8.83. The van der Waals surface area contributed by atoms with Gasteiger partial charge in [-0.1, -0.05) is 46.6 Å². The number of nitrogens with one attached hydrogen (secondary N) is 1. The first-order valence-electron chi connectivity index (χ1n) is 9.20. The molecular weight excluding hydrogens is 445 g/mol. The third-order valence-electron chi connectivity index (χ3n) is 4.12. The second-order valence-electron chi connectivity index (χ2n) is 6.09. The van der Waals surface area contributed by atoms with Gasteiger partial charge in [0, 0.05) is 35.4 Å². The van der Waals surface area contributed by atoms with Gasteiger partial charge in [0.15, 0.2) is 0 Å². The fraction of sp³-hybridized carbons (Fsp3) is 0.875. The summed E-state index contributed by atoms with van der Waals surface area (Å²) in [5, 5.41) is 0. The summed E-state index contributed by atoms with van der Waals surface area (Å²) in [4.78, 5) is 3.68. The number of ether oxygens (including phenoxy) is 2. The monoisotopic (exact) mass is 473 g/mol. The number of quaternary nitrogens is 1. The highest BCUT2D eigenvalue weighted by Gasteiger charge is 2.19. The van der Waals surface area contributed by atoms with Gasteiger partial charge in [0.2, 0.25) is 4.32 Å². The Morgan fingerprint density at radius 3 is 2.04 bits per heavy atom. The number of hydrogen-bond donors (Lipinski definition) is 1. The lowest BCUT2D eigenvalue weighted by atomic mass is 10.2. The van der Waals surface area contributed by atoms with Crippen molar-refractivity contribution in [1.29, 1.82) is 0 Å². The van der Waals surface area contributed by atoms with E-state index in [0.717, 1.165) is 61.2 Å². The largest absolute Gasteiger partial charge is 0.378 e. The van der Waals surface area contributed by atoms with Crippen LogP contribution in [0.15, 0.2) is 0 Å². The summed E-state index contributed by atoms with van der Waals surface area (Å²) in [5.41, 5.74) is 0. The van der Waals surface area contributed by atoms with Gasteiger partial charge in [0.25, 0.3) is 0 Å². The van der Waals surface area contributed by atoms with Crippen LogP contribution in [0, 0.1) is 0 Å². The molecule has 2 aliphatic rings. The maximum atomic E-state index is 5.51. The third-order valence-corrected chi connectivity index (χ3v) is 10.5. The van der Waals surface area contributed by atoms with Crippen molar-refractivity contribution in [2.45, 2.75) is 25.7 Å². The van der Waals surface area contributed by atoms with E-state index in [1.807, 2.05) is 21.6 Å². The zero-order valence-corrected chi connectivity index (χ0v) is 20.0. The lowest BCUT2D eigenvalue weighted by Gasteiger charge is -2.28. The summed E-state index contributed by atoms with van der Waals surface area (Å²) in [6.07, 6.45) is 5.17. The number of rotatable bonds is 9. The van der Waals surface area contributed by atoms with E-state index in [2.05, 4.69) is 4.90 Å². The molecule has 0 amide bonds. The van der Waals surface area contributed by atoms with Gasteiger partial charge in [-0.05, 0) is 35.9 Å². The van der Waals surface area contributed by atoms with Gasteiger partial charge in [-0.15, -0.1) is 0 Å².